The van der Waals surface area contributed by atoms with Crippen LogP contribution >= 0.6 is 0 Å². The van der Waals surface area contributed by atoms with Crippen molar-refractivity contribution in [2.75, 3.05) is 0 Å². The normalized spacial score (nSPS) is 0. The van der Waals surface area contributed by atoms with Crippen LogP contribution in [0.4, 0.5) is 0 Å². The Balaban J connectivity index is 0. The van der Waals surface area contributed by atoms with Crippen LogP contribution in [0.2, 0.25) is 0 Å². The zero-order chi connectivity index (χ0) is 0. The summed E-state index contributed by atoms with van der Waals surface area (Å²) in [6.45, 7) is 0. The molecule has 0 saturated heterocycles. The monoisotopic (exact) mass is 234 g/mol. The van der Waals surface area contributed by atoms with Gasteiger partial charge in [0.05, 0.1) is 0 Å². The first kappa shape index (κ1) is 2210. The van der Waals surface area contributed by atoms with E-state index >= 15 is 0 Å². The van der Waals surface area contributed by atoms with Gasteiger partial charge in [-0.25, -0.2) is 0 Å². The first-order chi connectivity index (χ1) is 0. The maximum Gasteiger partial charge on any atom is 0 e. The molecule has 0 aliphatic carbocycles. The first-order valence-corrected chi connectivity index (χ1v) is 0. The second-order valence-electron chi connectivity index (χ2n) is 0. The van der Waals surface area contributed by atoms with E-state index < -0.39 is 0 Å². The van der Waals surface area contributed by atoms with Gasteiger partial charge in [-0.3, -0.25) is 0 Å². The Morgan fingerprint density at radius 2 is 0.222 bits per heavy atom. The zero-order valence-electron chi connectivity index (χ0n) is 4.50. The van der Waals surface area contributed by atoms with Crippen molar-refractivity contribution in [3.05, 3.63) is 0 Å². The van der Waals surface area contributed by atoms with Crippen molar-refractivity contribution in [2.24, 2.45) is 0 Å². The van der Waals surface area contributed by atoms with Gasteiger partial charge in [-0.05, 0) is 0 Å². The van der Waals surface area contributed by atoms with Crippen molar-refractivity contribution in [3.63, 3.8) is 0 Å². The molecule has 9 heavy (non-hydrogen) atoms. The van der Waals surface area contributed by atoms with Crippen LogP contribution in [0.3, 0.4) is 0 Å². The van der Waals surface area contributed by atoms with Crippen molar-refractivity contribution in [3.8, 4) is 0 Å². The third-order valence-electron chi connectivity index (χ3n) is 0. The minimum atomic E-state index is 0. The molecule has 0 amide bonds. The molecule has 0 atom stereocenters. The summed E-state index contributed by atoms with van der Waals surface area (Å²) in [6.07, 6.45) is 0. The van der Waals surface area contributed by atoms with Gasteiger partial charge < -0.3 is 43.8 Å². The van der Waals surface area contributed by atoms with Gasteiger partial charge in [0.2, 0.25) is 0 Å². The Morgan fingerprint density at radius 1 is 0.222 bits per heavy atom. The van der Waals surface area contributed by atoms with Crippen LogP contribution in [0.5, 0.6) is 0 Å². The van der Waals surface area contributed by atoms with E-state index in [9.17, 15) is 0 Å². The molecule has 0 heterocycles. The van der Waals surface area contributed by atoms with Crippen molar-refractivity contribution < 1.29 is 70.0 Å². The Morgan fingerprint density at radius 3 is 0.222 bits per heavy atom. The predicted molar refractivity (Wildman–Crippen MR) is 28.9 cm³/mol. The molecule has 0 unspecified atom stereocenters. The molecule has 68 valence electrons. The molecule has 0 bridgehead atoms. The van der Waals surface area contributed by atoms with E-state index in [-0.39, 0.29) is 70.0 Å². The van der Waals surface area contributed by atoms with Gasteiger partial charge in [0.25, 0.3) is 0 Å². The van der Waals surface area contributed by atoms with E-state index in [1.165, 1.54) is 0 Å². The number of hydrogen-bond donors (Lipinski definition) is 0. The van der Waals surface area contributed by atoms with Crippen LogP contribution in [-0.2, 0) is 26.2 Å². The molecule has 0 aliphatic rings. The Kier molecular flexibility index (Phi) is 380000. The average molecular weight is 235 g/mol. The minimum Gasteiger partial charge on any atom is -0.412 e. The molecule has 0 aliphatic heterocycles. The third kappa shape index (κ3) is 1160. The topological polar surface area (TPSA) is 252 Å². The fourth-order valence-corrected chi connectivity index (χ4v) is 0. The molecule has 0 aromatic rings. The molecular formula is H16O8Zr. The van der Waals surface area contributed by atoms with E-state index in [1.807, 2.05) is 0 Å². The SMILES string of the molecule is O.O.O.O.O.O.O.O.[Zr]. The summed E-state index contributed by atoms with van der Waals surface area (Å²) >= 11 is 0. The zero-order valence-corrected chi connectivity index (χ0v) is 6.96. The van der Waals surface area contributed by atoms with E-state index in [0.29, 0.717) is 0 Å². The molecule has 0 radical (unpaired) electrons. The van der Waals surface area contributed by atoms with Crippen molar-refractivity contribution in [2.45, 2.75) is 0 Å². The molecule has 16 N–H and O–H groups in total. The fourth-order valence-electron chi connectivity index (χ4n) is 0. The van der Waals surface area contributed by atoms with E-state index in [4.69, 9.17) is 0 Å². The first-order valence-electron chi connectivity index (χ1n) is 0. The molecule has 0 aromatic carbocycles. The summed E-state index contributed by atoms with van der Waals surface area (Å²) in [7, 11) is 0. The number of rotatable bonds is 0. The van der Waals surface area contributed by atoms with E-state index in [2.05, 4.69) is 0 Å². The Bertz CT molecular complexity index is 4.53. The second-order valence-corrected chi connectivity index (χ2v) is 0. The summed E-state index contributed by atoms with van der Waals surface area (Å²) in [5.41, 5.74) is 0. The molecular weight excluding hydrogens is 219 g/mol. The van der Waals surface area contributed by atoms with Gasteiger partial charge in [-0.2, -0.15) is 0 Å². The van der Waals surface area contributed by atoms with Crippen molar-refractivity contribution in [1.29, 1.82) is 0 Å². The van der Waals surface area contributed by atoms with Crippen LogP contribution in [0.15, 0.2) is 0 Å². The Hall–Kier alpha value is 0.563. The molecule has 0 aromatic heterocycles. The molecule has 0 saturated carbocycles. The molecule has 9 heteroatoms. The molecule has 0 rings (SSSR count). The largest absolute Gasteiger partial charge is 0.412 e. The van der Waals surface area contributed by atoms with Crippen LogP contribution in [-0.4, -0.2) is 43.8 Å². The maximum atomic E-state index is 0. The van der Waals surface area contributed by atoms with Gasteiger partial charge in [0.1, 0.15) is 0 Å². The molecule has 0 fully saturated rings. The molecule has 8 nitrogen and oxygen atoms in total. The van der Waals surface area contributed by atoms with Crippen LogP contribution in [0, 0.1) is 0 Å². The van der Waals surface area contributed by atoms with Gasteiger partial charge in [-0.15, -0.1) is 0 Å². The number of hydrogen-bond acceptors (Lipinski definition) is 0. The molecule has 0 spiro atoms. The van der Waals surface area contributed by atoms with Crippen LogP contribution in [0.25, 0.3) is 0 Å². The van der Waals surface area contributed by atoms with Gasteiger partial charge in [0, 0.05) is 26.2 Å². The summed E-state index contributed by atoms with van der Waals surface area (Å²) in [6, 6.07) is 0. The van der Waals surface area contributed by atoms with Gasteiger partial charge in [0.15, 0.2) is 0 Å². The van der Waals surface area contributed by atoms with E-state index in [0.717, 1.165) is 0 Å². The summed E-state index contributed by atoms with van der Waals surface area (Å²) in [5, 5.41) is 0. The van der Waals surface area contributed by atoms with Gasteiger partial charge in [-0.1, -0.05) is 0 Å². The predicted octanol–water partition coefficient (Wildman–Crippen LogP) is -6.60. The smallest absolute Gasteiger partial charge is 0 e. The second kappa shape index (κ2) is 1540. The van der Waals surface area contributed by atoms with Crippen LogP contribution in [0.1, 0.15) is 0 Å². The van der Waals surface area contributed by atoms with Crippen molar-refractivity contribution in [1.82, 2.24) is 0 Å². The Labute approximate surface area is 70.5 Å². The minimum absolute atomic E-state index is 0. The fraction of sp³-hybridized carbons (Fsp3) is 0. The van der Waals surface area contributed by atoms with Crippen molar-refractivity contribution >= 4 is 0 Å². The summed E-state index contributed by atoms with van der Waals surface area (Å²) in [5.74, 6) is 0. The quantitative estimate of drug-likeness (QED) is 0.379. The van der Waals surface area contributed by atoms with Crippen LogP contribution < -0.4 is 0 Å². The standard InChI is InChI=1S/8H2O.Zr/h8*1H2;. The average Bonchev–Trinajstić information content (AvgIpc) is 0. The maximum absolute atomic E-state index is 0. The van der Waals surface area contributed by atoms with E-state index in [1.54, 1.807) is 0 Å². The summed E-state index contributed by atoms with van der Waals surface area (Å²) in [4.78, 5) is 0. The van der Waals surface area contributed by atoms with Gasteiger partial charge >= 0.3 is 0 Å². The third-order valence-corrected chi connectivity index (χ3v) is 0. The summed E-state index contributed by atoms with van der Waals surface area (Å²) < 4.78 is 0.